The Bertz CT molecular complexity index is 322. The van der Waals surface area contributed by atoms with Crippen molar-refractivity contribution in [1.29, 1.82) is 0 Å². The number of rotatable bonds is 3. The highest BCUT2D eigenvalue weighted by Gasteiger charge is 2.41. The zero-order valence-electron chi connectivity index (χ0n) is 8.69. The lowest BCUT2D eigenvalue weighted by Gasteiger charge is -2.33. The first kappa shape index (κ1) is 10.4. The van der Waals surface area contributed by atoms with E-state index in [1.165, 1.54) is 6.26 Å². The number of hydrogen-bond donors (Lipinski definition) is 0. The van der Waals surface area contributed by atoms with Crippen LogP contribution in [0.25, 0.3) is 0 Å². The van der Waals surface area contributed by atoms with Gasteiger partial charge in [0, 0.05) is 33.2 Å². The van der Waals surface area contributed by atoms with Crippen LogP contribution in [-0.4, -0.2) is 31.7 Å². The maximum absolute atomic E-state index is 12.1. The maximum Gasteiger partial charge on any atom is 0.229 e. The van der Waals surface area contributed by atoms with E-state index in [0.29, 0.717) is 31.8 Å². The monoisotopic (exact) mass is 210 g/mol. The zero-order valence-corrected chi connectivity index (χ0v) is 8.69. The van der Waals surface area contributed by atoms with Gasteiger partial charge in [-0.15, -0.1) is 0 Å². The predicted molar refractivity (Wildman–Crippen MR) is 52.8 cm³/mol. The average Bonchev–Trinajstić information content (AvgIpc) is 2.82. The van der Waals surface area contributed by atoms with Crippen LogP contribution >= 0.6 is 0 Å². The Hall–Kier alpha value is -1.13. The molecule has 0 amide bonds. The summed E-state index contributed by atoms with van der Waals surface area (Å²) >= 11 is 0. The third-order valence-corrected chi connectivity index (χ3v) is 2.85. The number of methoxy groups -OCH3 is 1. The summed E-state index contributed by atoms with van der Waals surface area (Å²) in [5.74, 6) is 0.275. The number of carbonyl (C=O) groups is 1. The number of ketones is 1. The van der Waals surface area contributed by atoms with Crippen molar-refractivity contribution < 1.29 is 18.7 Å². The molecule has 0 atom stereocenters. The lowest BCUT2D eigenvalue weighted by Crippen LogP contribution is -2.45. The second-order valence-corrected chi connectivity index (χ2v) is 3.62. The topological polar surface area (TPSA) is 48.7 Å². The number of Topliss-reactive ketones (excluding diaryl/α,β-unsaturated/α-hetero) is 1. The van der Waals surface area contributed by atoms with E-state index in [1.54, 1.807) is 19.2 Å². The standard InChI is InChI=1S/C11H14O4/c1-13-11(4-7-14-8-5-11)10(12)9-3-2-6-15-9/h2-3,6H,4-5,7-8H2,1H3. The van der Waals surface area contributed by atoms with Crippen molar-refractivity contribution in [2.75, 3.05) is 20.3 Å². The molecule has 1 aliphatic rings. The molecular weight excluding hydrogens is 196 g/mol. The summed E-state index contributed by atoms with van der Waals surface area (Å²) in [6, 6.07) is 3.37. The van der Waals surface area contributed by atoms with Crippen LogP contribution in [0.1, 0.15) is 23.4 Å². The number of hydrogen-bond acceptors (Lipinski definition) is 4. The second kappa shape index (κ2) is 4.16. The van der Waals surface area contributed by atoms with Crippen molar-refractivity contribution >= 4 is 5.78 Å². The van der Waals surface area contributed by atoms with Crippen LogP contribution < -0.4 is 0 Å². The molecule has 1 fully saturated rings. The van der Waals surface area contributed by atoms with E-state index < -0.39 is 5.60 Å². The van der Waals surface area contributed by atoms with Gasteiger partial charge in [0.2, 0.25) is 5.78 Å². The Labute approximate surface area is 88.2 Å². The average molecular weight is 210 g/mol. The van der Waals surface area contributed by atoms with Crippen molar-refractivity contribution in [3.63, 3.8) is 0 Å². The highest BCUT2D eigenvalue weighted by molar-refractivity contribution is 6.00. The number of ether oxygens (including phenoxy) is 2. The van der Waals surface area contributed by atoms with E-state index in [1.807, 2.05) is 0 Å². The minimum absolute atomic E-state index is 0.0849. The molecule has 0 bridgehead atoms. The molecule has 1 saturated heterocycles. The molecule has 15 heavy (non-hydrogen) atoms. The molecule has 82 valence electrons. The Morgan fingerprint density at radius 1 is 1.47 bits per heavy atom. The lowest BCUT2D eigenvalue weighted by atomic mass is 9.88. The van der Waals surface area contributed by atoms with Crippen molar-refractivity contribution in [1.82, 2.24) is 0 Å². The van der Waals surface area contributed by atoms with Gasteiger partial charge < -0.3 is 13.9 Å². The molecule has 0 saturated carbocycles. The summed E-state index contributed by atoms with van der Waals surface area (Å²) in [5, 5.41) is 0. The normalized spacial score (nSPS) is 20.1. The van der Waals surface area contributed by atoms with E-state index in [2.05, 4.69) is 0 Å². The highest BCUT2D eigenvalue weighted by atomic mass is 16.5. The van der Waals surface area contributed by atoms with Crippen LogP contribution in [0.5, 0.6) is 0 Å². The van der Waals surface area contributed by atoms with Gasteiger partial charge in [-0.25, -0.2) is 0 Å². The van der Waals surface area contributed by atoms with Crippen LogP contribution in [0.2, 0.25) is 0 Å². The van der Waals surface area contributed by atoms with Gasteiger partial charge >= 0.3 is 0 Å². The van der Waals surface area contributed by atoms with Crippen molar-refractivity contribution in [3.05, 3.63) is 24.2 Å². The smallest absolute Gasteiger partial charge is 0.229 e. The van der Waals surface area contributed by atoms with Crippen LogP contribution in [0.4, 0.5) is 0 Å². The van der Waals surface area contributed by atoms with Crippen LogP contribution in [0.15, 0.2) is 22.8 Å². The van der Waals surface area contributed by atoms with E-state index in [4.69, 9.17) is 13.9 Å². The fourth-order valence-electron chi connectivity index (χ4n) is 1.86. The first-order valence-corrected chi connectivity index (χ1v) is 5.00. The van der Waals surface area contributed by atoms with Gasteiger partial charge in [-0.3, -0.25) is 4.79 Å². The molecule has 2 heterocycles. The number of furan rings is 1. The molecule has 4 nitrogen and oxygen atoms in total. The maximum atomic E-state index is 12.1. The van der Waals surface area contributed by atoms with Gasteiger partial charge in [0.25, 0.3) is 0 Å². The highest BCUT2D eigenvalue weighted by Crippen LogP contribution is 2.28. The molecule has 0 spiro atoms. The summed E-state index contributed by atoms with van der Waals surface area (Å²) in [7, 11) is 1.56. The first-order valence-electron chi connectivity index (χ1n) is 5.00. The second-order valence-electron chi connectivity index (χ2n) is 3.62. The quantitative estimate of drug-likeness (QED) is 0.712. The first-order chi connectivity index (χ1) is 7.28. The predicted octanol–water partition coefficient (Wildman–Crippen LogP) is 1.66. The van der Waals surface area contributed by atoms with Gasteiger partial charge in [0.1, 0.15) is 5.60 Å². The molecule has 0 aromatic carbocycles. The van der Waals surface area contributed by atoms with Crippen molar-refractivity contribution in [2.45, 2.75) is 18.4 Å². The molecule has 1 aromatic heterocycles. The fourth-order valence-corrected chi connectivity index (χ4v) is 1.86. The molecule has 2 rings (SSSR count). The molecule has 4 heteroatoms. The largest absolute Gasteiger partial charge is 0.461 e. The minimum Gasteiger partial charge on any atom is -0.461 e. The Balaban J connectivity index is 2.22. The van der Waals surface area contributed by atoms with Gasteiger partial charge in [-0.1, -0.05) is 0 Å². The summed E-state index contributed by atoms with van der Waals surface area (Å²) in [5.41, 5.74) is -0.754. The molecule has 1 aromatic rings. The Kier molecular flexibility index (Phi) is 2.88. The SMILES string of the molecule is COC1(C(=O)c2ccco2)CCOCC1. The molecule has 0 aliphatic carbocycles. The van der Waals surface area contributed by atoms with Gasteiger partial charge in [-0.05, 0) is 12.1 Å². The summed E-state index contributed by atoms with van der Waals surface area (Å²) in [6.07, 6.45) is 2.67. The van der Waals surface area contributed by atoms with Gasteiger partial charge in [0.15, 0.2) is 5.76 Å². The number of carbonyl (C=O) groups excluding carboxylic acids is 1. The molecule has 0 unspecified atom stereocenters. The van der Waals surface area contributed by atoms with Gasteiger partial charge in [-0.2, -0.15) is 0 Å². The minimum atomic E-state index is -0.754. The molecule has 1 aliphatic heterocycles. The fraction of sp³-hybridized carbons (Fsp3) is 0.545. The molecule has 0 N–H and O–H groups in total. The van der Waals surface area contributed by atoms with Crippen molar-refractivity contribution in [3.8, 4) is 0 Å². The van der Waals surface area contributed by atoms with E-state index in [9.17, 15) is 4.79 Å². The van der Waals surface area contributed by atoms with E-state index >= 15 is 0 Å². The van der Waals surface area contributed by atoms with Crippen LogP contribution in [0.3, 0.4) is 0 Å². The summed E-state index contributed by atoms with van der Waals surface area (Å²) in [6.45, 7) is 1.11. The third-order valence-electron chi connectivity index (χ3n) is 2.85. The zero-order chi connectivity index (χ0) is 10.7. The van der Waals surface area contributed by atoms with Crippen LogP contribution in [-0.2, 0) is 9.47 Å². The van der Waals surface area contributed by atoms with Crippen LogP contribution in [0, 0.1) is 0 Å². The third kappa shape index (κ3) is 1.82. The van der Waals surface area contributed by atoms with Crippen molar-refractivity contribution in [2.24, 2.45) is 0 Å². The van der Waals surface area contributed by atoms with E-state index in [0.717, 1.165) is 0 Å². The Morgan fingerprint density at radius 3 is 2.73 bits per heavy atom. The molecular formula is C11H14O4. The summed E-state index contributed by atoms with van der Waals surface area (Å²) in [4.78, 5) is 12.1. The molecule has 0 radical (unpaired) electrons. The lowest BCUT2D eigenvalue weighted by molar-refractivity contribution is -0.0673. The van der Waals surface area contributed by atoms with Gasteiger partial charge in [0.05, 0.1) is 6.26 Å². The van der Waals surface area contributed by atoms with E-state index in [-0.39, 0.29) is 5.78 Å². The Morgan fingerprint density at radius 2 is 2.20 bits per heavy atom. The summed E-state index contributed by atoms with van der Waals surface area (Å²) < 4.78 is 15.7.